The molecule has 0 saturated carbocycles. The third kappa shape index (κ3) is 4.02. The minimum absolute atomic E-state index is 0.556. The van der Waals surface area contributed by atoms with Gasteiger partial charge in [-0.1, -0.05) is 36.4 Å². The van der Waals surface area contributed by atoms with Gasteiger partial charge in [-0.25, -0.2) is 0 Å². The summed E-state index contributed by atoms with van der Waals surface area (Å²) in [5.41, 5.74) is 1.19. The van der Waals surface area contributed by atoms with Crippen molar-refractivity contribution in [2.75, 3.05) is 0 Å². The van der Waals surface area contributed by atoms with Gasteiger partial charge in [0.05, 0.1) is 0 Å². The maximum Gasteiger partial charge on any atom is 0.210 e. The van der Waals surface area contributed by atoms with Crippen LogP contribution in [0.1, 0.15) is 0 Å². The van der Waals surface area contributed by atoms with Crippen molar-refractivity contribution >= 4 is 29.9 Å². The number of halogens is 2. The molecule has 0 unspecified atom stereocenters. The summed E-state index contributed by atoms with van der Waals surface area (Å²) in [7, 11) is 9.78. The molecule has 1 heterocycles. The molecule has 3 rings (SSSR count). The van der Waals surface area contributed by atoms with Gasteiger partial charge >= 0.3 is 34.8 Å². The summed E-state index contributed by atoms with van der Waals surface area (Å²) in [6, 6.07) is 20.9. The minimum atomic E-state index is -0.556. The first-order valence-corrected chi connectivity index (χ1v) is 11.6. The SMILES string of the molecule is [Cl][Ir][Cl].c1ccc(-[n+]2ccc3ccccc3c2)cc1. The van der Waals surface area contributed by atoms with Crippen LogP contribution in [0.15, 0.2) is 73.1 Å². The van der Waals surface area contributed by atoms with Crippen molar-refractivity contribution in [1.29, 1.82) is 0 Å². The molecule has 4 heteroatoms. The number of nitrogens with zero attached hydrogens (tertiary/aromatic N) is 1. The molecule has 2 aromatic carbocycles. The second kappa shape index (κ2) is 7.62. The molecule has 0 aliphatic heterocycles. The quantitative estimate of drug-likeness (QED) is 0.463. The second-order valence-corrected chi connectivity index (χ2v) is 7.32. The van der Waals surface area contributed by atoms with Crippen LogP contribution in [-0.4, -0.2) is 0 Å². The number of fused-ring (bicyclic) bond motifs is 1. The maximum absolute atomic E-state index is 4.89. The molecule has 0 bridgehead atoms. The first-order chi connectivity index (χ1) is 9.35. The number of para-hydroxylation sites is 1. The Labute approximate surface area is 128 Å². The van der Waals surface area contributed by atoms with E-state index in [0.717, 1.165) is 0 Å². The average Bonchev–Trinajstić information content (AvgIpc) is 2.48. The monoisotopic (exact) mass is 469 g/mol. The fourth-order valence-corrected chi connectivity index (χ4v) is 1.89. The number of rotatable bonds is 1. The first-order valence-electron chi connectivity index (χ1n) is 5.64. The van der Waals surface area contributed by atoms with Crippen molar-refractivity contribution < 1.29 is 20.2 Å². The second-order valence-electron chi connectivity index (χ2n) is 3.86. The zero-order chi connectivity index (χ0) is 13.5. The van der Waals surface area contributed by atoms with Crippen LogP contribution in [0.25, 0.3) is 16.5 Å². The predicted molar refractivity (Wildman–Crippen MR) is 77.2 cm³/mol. The molecule has 0 fully saturated rings. The van der Waals surface area contributed by atoms with Crippen molar-refractivity contribution in [3.63, 3.8) is 0 Å². The van der Waals surface area contributed by atoms with Gasteiger partial charge in [-0.05, 0) is 11.5 Å². The first kappa shape index (κ1) is 14.5. The summed E-state index contributed by atoms with van der Waals surface area (Å²) in [6.45, 7) is 0. The van der Waals surface area contributed by atoms with E-state index < -0.39 is 15.7 Å². The van der Waals surface area contributed by atoms with E-state index in [2.05, 4.69) is 71.6 Å². The Hall–Kier alpha value is -0.921. The van der Waals surface area contributed by atoms with E-state index in [0.29, 0.717) is 0 Å². The van der Waals surface area contributed by atoms with Gasteiger partial charge in [-0.2, -0.15) is 4.57 Å². The molecule has 0 amide bonds. The average molecular weight is 469 g/mol. The Morgan fingerprint density at radius 1 is 0.737 bits per heavy atom. The number of pyridine rings is 1. The van der Waals surface area contributed by atoms with Crippen molar-refractivity contribution in [3.8, 4) is 5.69 Å². The van der Waals surface area contributed by atoms with Crippen LogP contribution in [0.5, 0.6) is 0 Å². The van der Waals surface area contributed by atoms with E-state index in [1.807, 2.05) is 6.07 Å². The van der Waals surface area contributed by atoms with Crippen LogP contribution in [0.3, 0.4) is 0 Å². The molecule has 3 aromatic rings. The van der Waals surface area contributed by atoms with Gasteiger partial charge in [0.15, 0.2) is 12.4 Å². The molecule has 19 heavy (non-hydrogen) atoms. The predicted octanol–water partition coefficient (Wildman–Crippen LogP) is 4.49. The number of hydrogen-bond acceptors (Lipinski definition) is 0. The standard InChI is InChI=1S/C15H12N.2ClH.Ir/c1-2-8-15(9-3-1)16-11-10-13-6-4-5-7-14(13)12-16;;;/h1-12H;2*1H;/q+1;;;+2/p-2. The Morgan fingerprint density at radius 2 is 1.32 bits per heavy atom. The van der Waals surface area contributed by atoms with Crippen molar-refractivity contribution in [1.82, 2.24) is 0 Å². The number of hydrogen-bond donors (Lipinski definition) is 0. The molecule has 99 valence electrons. The summed E-state index contributed by atoms with van der Waals surface area (Å²) in [5.74, 6) is 0. The van der Waals surface area contributed by atoms with Crippen molar-refractivity contribution in [3.05, 3.63) is 73.1 Å². The van der Waals surface area contributed by atoms with E-state index in [9.17, 15) is 0 Å². The Bertz CT molecular complexity index is 644. The molecule has 0 radical (unpaired) electrons. The molecule has 1 aromatic heterocycles. The fraction of sp³-hybridized carbons (Fsp3) is 0. The molecule has 1 nitrogen and oxygen atoms in total. The molecule has 0 N–H and O–H groups in total. The van der Waals surface area contributed by atoms with Gasteiger partial charge < -0.3 is 0 Å². The minimum Gasteiger partial charge on any atom is -0.167 e. The Kier molecular flexibility index (Phi) is 5.81. The smallest absolute Gasteiger partial charge is 0.167 e. The van der Waals surface area contributed by atoms with E-state index in [1.165, 1.54) is 16.5 Å². The van der Waals surface area contributed by atoms with Gasteiger partial charge in [0, 0.05) is 23.6 Å². The zero-order valence-corrected chi connectivity index (χ0v) is 13.9. The third-order valence-corrected chi connectivity index (χ3v) is 2.74. The molecule has 0 saturated heterocycles. The topological polar surface area (TPSA) is 3.88 Å². The third-order valence-electron chi connectivity index (χ3n) is 2.74. The zero-order valence-electron chi connectivity index (χ0n) is 9.96. The fourth-order valence-electron chi connectivity index (χ4n) is 1.89. The van der Waals surface area contributed by atoms with Crippen molar-refractivity contribution in [2.45, 2.75) is 0 Å². The van der Waals surface area contributed by atoms with Crippen LogP contribution in [0.2, 0.25) is 0 Å². The van der Waals surface area contributed by atoms with Gasteiger partial charge in [0.25, 0.3) is 0 Å². The van der Waals surface area contributed by atoms with E-state index in [4.69, 9.17) is 19.2 Å². The van der Waals surface area contributed by atoms with Crippen LogP contribution in [0, 0.1) is 0 Å². The van der Waals surface area contributed by atoms with Crippen molar-refractivity contribution in [2.24, 2.45) is 0 Å². The Balaban J connectivity index is 0.000000408. The van der Waals surface area contributed by atoms with Crippen LogP contribution < -0.4 is 4.57 Å². The summed E-state index contributed by atoms with van der Waals surface area (Å²) in [6.07, 6.45) is 4.25. The largest absolute Gasteiger partial charge is 0.210 e. The summed E-state index contributed by atoms with van der Waals surface area (Å²) < 4.78 is 2.14. The molecular formula is C15H12Cl2IrN+. The summed E-state index contributed by atoms with van der Waals surface area (Å²) in [4.78, 5) is 0. The molecular weight excluding hydrogens is 457 g/mol. The van der Waals surface area contributed by atoms with Gasteiger partial charge in [-0.3, -0.25) is 0 Å². The molecule has 0 aliphatic rings. The molecule has 0 aliphatic carbocycles. The normalized spacial score (nSPS) is 10.0. The maximum atomic E-state index is 4.89. The summed E-state index contributed by atoms with van der Waals surface area (Å²) in [5, 5.41) is 2.53. The molecule has 0 spiro atoms. The van der Waals surface area contributed by atoms with E-state index in [-0.39, 0.29) is 0 Å². The Morgan fingerprint density at radius 3 is 2.00 bits per heavy atom. The van der Waals surface area contributed by atoms with Crippen LogP contribution in [0.4, 0.5) is 0 Å². The van der Waals surface area contributed by atoms with Gasteiger partial charge in [0.1, 0.15) is 0 Å². The number of aromatic nitrogens is 1. The van der Waals surface area contributed by atoms with Crippen LogP contribution in [-0.2, 0) is 15.7 Å². The van der Waals surface area contributed by atoms with E-state index >= 15 is 0 Å². The van der Waals surface area contributed by atoms with Gasteiger partial charge in [0.2, 0.25) is 5.69 Å². The molecule has 0 atom stereocenters. The van der Waals surface area contributed by atoms with Crippen LogP contribution >= 0.6 is 19.2 Å². The van der Waals surface area contributed by atoms with E-state index in [1.54, 1.807) is 0 Å². The number of benzene rings is 2. The summed E-state index contributed by atoms with van der Waals surface area (Å²) >= 11 is -0.556. The van der Waals surface area contributed by atoms with Gasteiger partial charge in [-0.15, -0.1) is 0 Å².